The molecule has 1 aromatic heterocycles. The first kappa shape index (κ1) is 10.5. The minimum absolute atomic E-state index is 0.715. The van der Waals surface area contributed by atoms with E-state index in [0.717, 1.165) is 36.7 Å². The number of hydrogen-bond donors (Lipinski definition) is 2. The van der Waals surface area contributed by atoms with E-state index in [9.17, 15) is 0 Å². The highest BCUT2D eigenvalue weighted by atomic mass is 15.2. The maximum atomic E-state index is 4.57. The van der Waals surface area contributed by atoms with Crippen molar-refractivity contribution in [1.82, 2.24) is 20.5 Å². The molecule has 4 nitrogen and oxygen atoms in total. The first-order valence-electron chi connectivity index (χ1n) is 6.01. The maximum Gasteiger partial charge on any atom is 0.181 e. The molecule has 1 aliphatic rings. The van der Waals surface area contributed by atoms with Gasteiger partial charge in [0.1, 0.15) is 5.82 Å². The zero-order valence-electron chi connectivity index (χ0n) is 9.90. The summed E-state index contributed by atoms with van der Waals surface area (Å²) >= 11 is 0. The fourth-order valence-electron chi connectivity index (χ4n) is 2.10. The average Bonchev–Trinajstić information content (AvgIpc) is 2.73. The average molecular weight is 228 g/mol. The van der Waals surface area contributed by atoms with Gasteiger partial charge in [-0.15, -0.1) is 0 Å². The standard InChI is InChI=1S/C13H16N4/c1-9-4-2-3-5-11(9)13-15-12(16-17-13)6-10-7-14-8-10/h2-5,10,14H,6-8H2,1H3,(H,15,16,17). The molecule has 0 atom stereocenters. The Morgan fingerprint density at radius 2 is 2.12 bits per heavy atom. The molecule has 3 rings (SSSR count). The van der Waals surface area contributed by atoms with Gasteiger partial charge in [-0.05, 0) is 31.5 Å². The molecule has 1 fully saturated rings. The van der Waals surface area contributed by atoms with E-state index in [1.807, 2.05) is 12.1 Å². The van der Waals surface area contributed by atoms with E-state index in [1.165, 1.54) is 5.56 Å². The summed E-state index contributed by atoms with van der Waals surface area (Å²) in [7, 11) is 0. The minimum Gasteiger partial charge on any atom is -0.316 e. The molecule has 1 saturated heterocycles. The van der Waals surface area contributed by atoms with Crippen LogP contribution in [0.15, 0.2) is 24.3 Å². The Bertz CT molecular complexity index is 514. The van der Waals surface area contributed by atoms with E-state index in [0.29, 0.717) is 5.92 Å². The molecule has 0 spiro atoms. The van der Waals surface area contributed by atoms with Gasteiger partial charge in [0.05, 0.1) is 0 Å². The van der Waals surface area contributed by atoms with Crippen molar-refractivity contribution < 1.29 is 0 Å². The van der Waals surface area contributed by atoms with Crippen LogP contribution in [0, 0.1) is 12.8 Å². The molecule has 0 saturated carbocycles. The Balaban J connectivity index is 1.82. The number of hydrogen-bond acceptors (Lipinski definition) is 3. The molecule has 17 heavy (non-hydrogen) atoms. The van der Waals surface area contributed by atoms with Crippen LogP contribution in [0.5, 0.6) is 0 Å². The van der Waals surface area contributed by atoms with Gasteiger partial charge >= 0.3 is 0 Å². The van der Waals surface area contributed by atoms with Crippen LogP contribution in [0.4, 0.5) is 0 Å². The van der Waals surface area contributed by atoms with E-state index >= 15 is 0 Å². The molecule has 0 radical (unpaired) electrons. The molecule has 2 heterocycles. The summed E-state index contributed by atoms with van der Waals surface area (Å²) < 4.78 is 0. The van der Waals surface area contributed by atoms with Crippen LogP contribution < -0.4 is 5.32 Å². The summed E-state index contributed by atoms with van der Waals surface area (Å²) in [4.78, 5) is 4.57. The lowest BCUT2D eigenvalue weighted by atomic mass is 9.99. The maximum absolute atomic E-state index is 4.57. The molecule has 0 bridgehead atoms. The quantitative estimate of drug-likeness (QED) is 0.838. The van der Waals surface area contributed by atoms with E-state index < -0.39 is 0 Å². The van der Waals surface area contributed by atoms with Gasteiger partial charge in [0.15, 0.2) is 5.82 Å². The monoisotopic (exact) mass is 228 g/mol. The lowest BCUT2D eigenvalue weighted by Crippen LogP contribution is -2.43. The number of nitrogens with one attached hydrogen (secondary N) is 2. The van der Waals surface area contributed by atoms with Gasteiger partial charge in [-0.3, -0.25) is 5.10 Å². The fourth-order valence-corrected chi connectivity index (χ4v) is 2.10. The summed E-state index contributed by atoms with van der Waals surface area (Å²) in [6, 6.07) is 8.20. The van der Waals surface area contributed by atoms with Crippen LogP contribution in [-0.4, -0.2) is 28.3 Å². The molecule has 1 aromatic carbocycles. The zero-order chi connectivity index (χ0) is 11.7. The summed E-state index contributed by atoms with van der Waals surface area (Å²) in [6.07, 6.45) is 0.992. The van der Waals surface area contributed by atoms with Crippen LogP contribution in [-0.2, 0) is 6.42 Å². The number of H-pyrrole nitrogens is 1. The topological polar surface area (TPSA) is 53.6 Å². The molecule has 0 amide bonds. The number of aromatic amines is 1. The van der Waals surface area contributed by atoms with Crippen molar-refractivity contribution in [3.05, 3.63) is 35.7 Å². The molecule has 4 heteroatoms. The van der Waals surface area contributed by atoms with Crippen molar-refractivity contribution >= 4 is 0 Å². The highest BCUT2D eigenvalue weighted by Gasteiger charge is 2.19. The third kappa shape index (κ3) is 2.08. The second kappa shape index (κ2) is 4.30. The van der Waals surface area contributed by atoms with Crippen LogP contribution in [0.3, 0.4) is 0 Å². The molecule has 2 N–H and O–H groups in total. The summed E-state index contributed by atoms with van der Waals surface area (Å²) in [5.74, 6) is 2.52. The number of aromatic nitrogens is 3. The number of rotatable bonds is 3. The minimum atomic E-state index is 0.715. The van der Waals surface area contributed by atoms with E-state index in [-0.39, 0.29) is 0 Å². The number of nitrogens with zero attached hydrogens (tertiary/aromatic N) is 2. The van der Waals surface area contributed by atoms with E-state index in [1.54, 1.807) is 0 Å². The molecular weight excluding hydrogens is 212 g/mol. The largest absolute Gasteiger partial charge is 0.316 e. The Hall–Kier alpha value is -1.68. The molecule has 2 aromatic rings. The predicted molar refractivity (Wildman–Crippen MR) is 66.6 cm³/mol. The lowest BCUT2D eigenvalue weighted by molar-refractivity contribution is 0.341. The van der Waals surface area contributed by atoms with Gasteiger partial charge in [-0.1, -0.05) is 24.3 Å². The van der Waals surface area contributed by atoms with Gasteiger partial charge in [-0.2, -0.15) is 5.10 Å². The summed E-state index contributed by atoms with van der Waals surface area (Å²) in [5, 5.41) is 10.6. The molecular formula is C13H16N4. The SMILES string of the molecule is Cc1ccccc1-c1n[nH]c(CC2CNC2)n1. The van der Waals surface area contributed by atoms with Gasteiger partial charge in [0.25, 0.3) is 0 Å². The van der Waals surface area contributed by atoms with Crippen molar-refractivity contribution in [3.63, 3.8) is 0 Å². The Kier molecular flexibility index (Phi) is 2.65. The third-order valence-corrected chi connectivity index (χ3v) is 3.27. The summed E-state index contributed by atoms with van der Waals surface area (Å²) in [6.45, 7) is 4.28. The number of aryl methyl sites for hydroxylation is 1. The van der Waals surface area contributed by atoms with Crippen molar-refractivity contribution in [2.24, 2.45) is 5.92 Å². The fraction of sp³-hybridized carbons (Fsp3) is 0.385. The third-order valence-electron chi connectivity index (χ3n) is 3.27. The Morgan fingerprint density at radius 1 is 1.29 bits per heavy atom. The van der Waals surface area contributed by atoms with E-state index in [4.69, 9.17) is 0 Å². The Morgan fingerprint density at radius 3 is 2.82 bits per heavy atom. The molecule has 0 unspecified atom stereocenters. The first-order chi connectivity index (χ1) is 8.33. The second-order valence-corrected chi connectivity index (χ2v) is 4.65. The van der Waals surface area contributed by atoms with Crippen molar-refractivity contribution in [2.45, 2.75) is 13.3 Å². The van der Waals surface area contributed by atoms with Gasteiger partial charge in [0, 0.05) is 12.0 Å². The van der Waals surface area contributed by atoms with Crippen LogP contribution in [0.2, 0.25) is 0 Å². The van der Waals surface area contributed by atoms with E-state index in [2.05, 4.69) is 39.6 Å². The second-order valence-electron chi connectivity index (χ2n) is 4.65. The molecule has 1 aliphatic heterocycles. The van der Waals surface area contributed by atoms with Crippen LogP contribution in [0.25, 0.3) is 11.4 Å². The first-order valence-corrected chi connectivity index (χ1v) is 6.01. The van der Waals surface area contributed by atoms with Crippen LogP contribution >= 0.6 is 0 Å². The number of benzene rings is 1. The van der Waals surface area contributed by atoms with Gasteiger partial charge < -0.3 is 5.32 Å². The lowest BCUT2D eigenvalue weighted by Gasteiger charge is -2.25. The van der Waals surface area contributed by atoms with Crippen molar-refractivity contribution in [2.75, 3.05) is 13.1 Å². The normalized spacial score (nSPS) is 15.8. The predicted octanol–water partition coefficient (Wildman–Crippen LogP) is 1.54. The smallest absolute Gasteiger partial charge is 0.181 e. The highest BCUT2D eigenvalue weighted by Crippen LogP contribution is 2.19. The Labute approximate surface area is 100 Å². The highest BCUT2D eigenvalue weighted by molar-refractivity contribution is 5.59. The van der Waals surface area contributed by atoms with Crippen LogP contribution in [0.1, 0.15) is 11.4 Å². The van der Waals surface area contributed by atoms with Crippen molar-refractivity contribution in [3.8, 4) is 11.4 Å². The zero-order valence-corrected chi connectivity index (χ0v) is 9.90. The van der Waals surface area contributed by atoms with Crippen molar-refractivity contribution in [1.29, 1.82) is 0 Å². The molecule has 88 valence electrons. The van der Waals surface area contributed by atoms with Gasteiger partial charge in [0.2, 0.25) is 0 Å². The molecule has 0 aliphatic carbocycles. The van der Waals surface area contributed by atoms with Gasteiger partial charge in [-0.25, -0.2) is 4.98 Å². The summed E-state index contributed by atoms with van der Waals surface area (Å²) in [5.41, 5.74) is 2.32.